The van der Waals surface area contributed by atoms with E-state index >= 15 is 0 Å². The monoisotopic (exact) mass is 229 g/mol. The summed E-state index contributed by atoms with van der Waals surface area (Å²) >= 11 is 0. The van der Waals surface area contributed by atoms with E-state index in [1.807, 2.05) is 11.6 Å². The Balaban J connectivity index is 1.84. The van der Waals surface area contributed by atoms with Crippen LogP contribution in [-0.4, -0.2) is 21.5 Å². The van der Waals surface area contributed by atoms with Crippen LogP contribution in [0.2, 0.25) is 0 Å². The van der Waals surface area contributed by atoms with Gasteiger partial charge in [-0.25, -0.2) is 13.8 Å². The topological polar surface area (TPSA) is 29.9 Å². The zero-order valence-electron chi connectivity index (χ0n) is 9.42. The van der Waals surface area contributed by atoms with Gasteiger partial charge in [-0.3, -0.25) is 0 Å². The molecule has 1 fully saturated rings. The molecular formula is C11H17F2N3. The Morgan fingerprint density at radius 3 is 3.06 bits per heavy atom. The smallest absolute Gasteiger partial charge is 0.249 e. The van der Waals surface area contributed by atoms with Gasteiger partial charge in [0.25, 0.3) is 0 Å². The Hall–Kier alpha value is -0.970. The first-order valence-corrected chi connectivity index (χ1v) is 5.63. The van der Waals surface area contributed by atoms with Crippen molar-refractivity contribution in [3.8, 4) is 0 Å². The number of imidazole rings is 1. The molecule has 0 spiro atoms. The molecule has 1 aliphatic carbocycles. The minimum Gasteiger partial charge on any atom is -0.337 e. The van der Waals surface area contributed by atoms with Crippen LogP contribution in [0.5, 0.6) is 0 Å². The molecule has 5 heteroatoms. The van der Waals surface area contributed by atoms with Crippen LogP contribution in [0.15, 0.2) is 12.5 Å². The summed E-state index contributed by atoms with van der Waals surface area (Å²) in [6.45, 7) is 0.608. The van der Waals surface area contributed by atoms with Gasteiger partial charge >= 0.3 is 0 Å². The highest BCUT2D eigenvalue weighted by Gasteiger charge is 2.35. The fraction of sp³-hybridized carbons (Fsp3) is 0.727. The van der Waals surface area contributed by atoms with Crippen LogP contribution in [0.1, 0.15) is 31.4 Å². The van der Waals surface area contributed by atoms with Crippen molar-refractivity contribution >= 4 is 0 Å². The van der Waals surface area contributed by atoms with E-state index in [1.165, 1.54) is 0 Å². The van der Waals surface area contributed by atoms with Crippen LogP contribution < -0.4 is 5.32 Å². The molecule has 0 saturated heterocycles. The van der Waals surface area contributed by atoms with E-state index in [2.05, 4.69) is 10.3 Å². The van der Waals surface area contributed by atoms with Crippen molar-refractivity contribution in [1.29, 1.82) is 0 Å². The van der Waals surface area contributed by atoms with E-state index in [0.29, 0.717) is 13.0 Å². The summed E-state index contributed by atoms with van der Waals surface area (Å²) in [5.74, 6) is -2.48. The van der Waals surface area contributed by atoms with Crippen LogP contribution in [0.25, 0.3) is 0 Å². The predicted octanol–water partition coefficient (Wildman–Crippen LogP) is 2.09. The van der Waals surface area contributed by atoms with Gasteiger partial charge in [0.1, 0.15) is 0 Å². The van der Waals surface area contributed by atoms with E-state index < -0.39 is 5.92 Å². The Labute approximate surface area is 93.9 Å². The standard InChI is InChI=1S/C11H17F2N3/c1-16-8-14-6-10(16)7-15-9-3-2-4-11(12,13)5-9/h6,8-9,15H,2-5,7H2,1H3/t9-/m0/s1. The molecule has 1 saturated carbocycles. The molecule has 1 aliphatic rings. The average molecular weight is 229 g/mol. The largest absolute Gasteiger partial charge is 0.337 e. The Morgan fingerprint density at radius 1 is 1.62 bits per heavy atom. The number of nitrogens with one attached hydrogen (secondary N) is 1. The molecule has 2 rings (SSSR count). The number of hydrogen-bond acceptors (Lipinski definition) is 2. The number of aryl methyl sites for hydroxylation is 1. The summed E-state index contributed by atoms with van der Waals surface area (Å²) in [7, 11) is 1.90. The van der Waals surface area contributed by atoms with Crippen LogP contribution in [0.3, 0.4) is 0 Å². The normalized spacial score (nSPS) is 24.6. The lowest BCUT2D eigenvalue weighted by Gasteiger charge is -2.29. The third-order valence-corrected chi connectivity index (χ3v) is 3.13. The molecule has 0 aromatic carbocycles. The van der Waals surface area contributed by atoms with Gasteiger partial charge in [-0.15, -0.1) is 0 Å². The van der Waals surface area contributed by atoms with Crippen molar-refractivity contribution in [3.63, 3.8) is 0 Å². The van der Waals surface area contributed by atoms with E-state index in [1.54, 1.807) is 12.5 Å². The van der Waals surface area contributed by atoms with Gasteiger partial charge in [-0.05, 0) is 12.8 Å². The van der Waals surface area contributed by atoms with E-state index in [0.717, 1.165) is 12.1 Å². The second kappa shape index (κ2) is 4.49. The van der Waals surface area contributed by atoms with Gasteiger partial charge < -0.3 is 9.88 Å². The van der Waals surface area contributed by atoms with E-state index in [4.69, 9.17) is 0 Å². The average Bonchev–Trinajstić information content (AvgIpc) is 2.60. The maximum atomic E-state index is 13.1. The number of halogens is 2. The molecule has 90 valence electrons. The number of alkyl halides is 2. The summed E-state index contributed by atoms with van der Waals surface area (Å²) in [6, 6.07) is -0.0707. The first kappa shape index (κ1) is 11.5. The summed E-state index contributed by atoms with van der Waals surface area (Å²) in [4.78, 5) is 3.99. The second-order valence-corrected chi connectivity index (χ2v) is 4.53. The molecule has 3 nitrogen and oxygen atoms in total. The van der Waals surface area contributed by atoms with Crippen molar-refractivity contribution in [2.45, 2.75) is 44.2 Å². The van der Waals surface area contributed by atoms with E-state index in [-0.39, 0.29) is 18.9 Å². The van der Waals surface area contributed by atoms with Gasteiger partial charge in [0.2, 0.25) is 5.92 Å². The Morgan fingerprint density at radius 2 is 2.44 bits per heavy atom. The summed E-state index contributed by atoms with van der Waals surface area (Å²) < 4.78 is 28.2. The zero-order chi connectivity index (χ0) is 11.6. The first-order chi connectivity index (χ1) is 7.57. The van der Waals surface area contributed by atoms with Crippen LogP contribution >= 0.6 is 0 Å². The van der Waals surface area contributed by atoms with Crippen LogP contribution in [-0.2, 0) is 13.6 Å². The highest BCUT2D eigenvalue weighted by atomic mass is 19.3. The number of rotatable bonds is 3. The third kappa shape index (κ3) is 2.78. The fourth-order valence-electron chi connectivity index (χ4n) is 2.15. The molecular weight excluding hydrogens is 212 g/mol. The van der Waals surface area contributed by atoms with Crippen molar-refractivity contribution in [1.82, 2.24) is 14.9 Å². The first-order valence-electron chi connectivity index (χ1n) is 5.63. The summed E-state index contributed by atoms with van der Waals surface area (Å²) in [5, 5.41) is 3.18. The molecule has 0 radical (unpaired) electrons. The minimum atomic E-state index is -2.48. The summed E-state index contributed by atoms with van der Waals surface area (Å²) in [6.07, 6.45) is 4.92. The van der Waals surface area contributed by atoms with Crippen LogP contribution in [0.4, 0.5) is 8.78 Å². The second-order valence-electron chi connectivity index (χ2n) is 4.53. The Bertz CT molecular complexity index is 349. The zero-order valence-corrected chi connectivity index (χ0v) is 9.42. The molecule has 0 unspecified atom stereocenters. The Kier molecular flexibility index (Phi) is 3.23. The maximum absolute atomic E-state index is 13.1. The minimum absolute atomic E-state index is 0.0369. The third-order valence-electron chi connectivity index (χ3n) is 3.13. The van der Waals surface area contributed by atoms with Crippen molar-refractivity contribution in [3.05, 3.63) is 18.2 Å². The molecule has 1 aromatic heterocycles. The van der Waals surface area contributed by atoms with Gasteiger partial charge in [0.05, 0.1) is 12.0 Å². The summed E-state index contributed by atoms with van der Waals surface area (Å²) in [5.41, 5.74) is 1.02. The van der Waals surface area contributed by atoms with Gasteiger partial charge in [0.15, 0.2) is 0 Å². The lowest BCUT2D eigenvalue weighted by molar-refractivity contribution is -0.0443. The highest BCUT2D eigenvalue weighted by Crippen LogP contribution is 2.33. The quantitative estimate of drug-likeness (QED) is 0.860. The lowest BCUT2D eigenvalue weighted by Crippen LogP contribution is -2.38. The van der Waals surface area contributed by atoms with Gasteiger partial charge in [-0.1, -0.05) is 0 Å². The number of hydrogen-bond donors (Lipinski definition) is 1. The molecule has 1 heterocycles. The molecule has 1 atom stereocenters. The number of nitrogens with zero attached hydrogens (tertiary/aromatic N) is 2. The molecule has 0 amide bonds. The maximum Gasteiger partial charge on any atom is 0.249 e. The molecule has 0 aliphatic heterocycles. The fourth-order valence-corrected chi connectivity index (χ4v) is 2.15. The number of aromatic nitrogens is 2. The van der Waals surface area contributed by atoms with Gasteiger partial charge in [0, 0.05) is 38.7 Å². The van der Waals surface area contributed by atoms with Crippen molar-refractivity contribution in [2.75, 3.05) is 0 Å². The highest BCUT2D eigenvalue weighted by molar-refractivity contribution is 4.97. The van der Waals surface area contributed by atoms with E-state index in [9.17, 15) is 8.78 Å². The predicted molar refractivity (Wildman–Crippen MR) is 57.3 cm³/mol. The molecule has 1 aromatic rings. The van der Waals surface area contributed by atoms with Gasteiger partial charge in [-0.2, -0.15) is 0 Å². The van der Waals surface area contributed by atoms with Crippen molar-refractivity contribution < 1.29 is 8.78 Å². The molecule has 1 N–H and O–H groups in total. The SMILES string of the molecule is Cn1cncc1CN[C@H]1CCCC(F)(F)C1. The molecule has 16 heavy (non-hydrogen) atoms. The lowest BCUT2D eigenvalue weighted by atomic mass is 9.92. The van der Waals surface area contributed by atoms with Crippen LogP contribution in [0, 0.1) is 0 Å². The van der Waals surface area contributed by atoms with Crippen molar-refractivity contribution in [2.24, 2.45) is 7.05 Å². The molecule has 0 bridgehead atoms.